The zero-order valence-electron chi connectivity index (χ0n) is 23.5. The molecule has 1 aromatic heterocycles. The number of aromatic carboxylic acids is 1. The molecule has 7 rings (SSSR count). The van der Waals surface area contributed by atoms with Gasteiger partial charge in [0.1, 0.15) is 11.6 Å². The summed E-state index contributed by atoms with van der Waals surface area (Å²) in [5, 5.41) is 9.77. The first-order valence-electron chi connectivity index (χ1n) is 14.4. The molecule has 2 unspecified atom stereocenters. The van der Waals surface area contributed by atoms with Gasteiger partial charge in [0, 0.05) is 24.1 Å². The minimum absolute atomic E-state index is 0.00978. The van der Waals surface area contributed by atoms with Crippen molar-refractivity contribution in [2.75, 3.05) is 19.7 Å². The van der Waals surface area contributed by atoms with Gasteiger partial charge in [-0.3, -0.25) is 4.90 Å². The number of likely N-dealkylation sites (tertiary alicyclic amines) is 1. The van der Waals surface area contributed by atoms with Crippen LogP contribution in [0.25, 0.3) is 11.0 Å². The van der Waals surface area contributed by atoms with Crippen LogP contribution in [0.1, 0.15) is 59.4 Å². The van der Waals surface area contributed by atoms with E-state index >= 15 is 0 Å². The molecule has 8 nitrogen and oxygen atoms in total. The Hall–Kier alpha value is -3.73. The minimum atomic E-state index is -1.53. The van der Waals surface area contributed by atoms with Crippen LogP contribution in [0.4, 0.5) is 8.78 Å². The number of carboxylic acids is 1. The number of halogens is 3. The van der Waals surface area contributed by atoms with Crippen molar-refractivity contribution in [2.45, 2.75) is 57.1 Å². The SMILES string of the molecule is CC1(c2ccc(Cl)cc2F)Oc2c(F)ccc(C3CCN(Cc4nc5ccc(C(=O)O)cc5n4CC4CCO4)CC3)c2O1. The van der Waals surface area contributed by atoms with Gasteiger partial charge in [-0.15, -0.1) is 0 Å². The van der Waals surface area contributed by atoms with Gasteiger partial charge in [-0.25, -0.2) is 18.6 Å². The second-order valence-corrected chi connectivity index (χ2v) is 12.0. The summed E-state index contributed by atoms with van der Waals surface area (Å²) in [6.07, 6.45) is 2.64. The van der Waals surface area contributed by atoms with E-state index in [1.54, 1.807) is 37.3 Å². The van der Waals surface area contributed by atoms with Gasteiger partial charge in [-0.05, 0) is 80.7 Å². The second kappa shape index (κ2) is 10.8. The van der Waals surface area contributed by atoms with Crippen molar-refractivity contribution in [3.63, 3.8) is 0 Å². The van der Waals surface area contributed by atoms with Crippen LogP contribution in [0.3, 0.4) is 0 Å². The summed E-state index contributed by atoms with van der Waals surface area (Å²) in [6.45, 7) is 5.07. The maximum atomic E-state index is 14.9. The lowest BCUT2D eigenvalue weighted by molar-refractivity contribution is -0.0724. The molecule has 0 aliphatic carbocycles. The Morgan fingerprint density at radius 3 is 2.51 bits per heavy atom. The Labute approximate surface area is 251 Å². The van der Waals surface area contributed by atoms with Crippen molar-refractivity contribution in [3.05, 3.63) is 87.7 Å². The third-order valence-electron chi connectivity index (χ3n) is 8.75. The van der Waals surface area contributed by atoms with Crippen LogP contribution in [0.15, 0.2) is 48.5 Å². The molecule has 3 aliphatic rings. The van der Waals surface area contributed by atoms with E-state index < -0.39 is 23.4 Å². The topological polar surface area (TPSA) is 86.1 Å². The maximum absolute atomic E-state index is 14.9. The lowest BCUT2D eigenvalue weighted by Gasteiger charge is -2.33. The number of benzene rings is 3. The second-order valence-electron chi connectivity index (χ2n) is 11.5. The molecule has 0 amide bonds. The number of rotatable bonds is 7. The summed E-state index contributed by atoms with van der Waals surface area (Å²) in [5.41, 5.74) is 2.75. The Kier molecular flexibility index (Phi) is 7.03. The number of nitrogens with zero attached hydrogens (tertiary/aromatic N) is 3. The third-order valence-corrected chi connectivity index (χ3v) is 8.99. The molecule has 2 atom stereocenters. The van der Waals surface area contributed by atoms with Gasteiger partial charge in [-0.2, -0.15) is 0 Å². The number of piperidine rings is 1. The zero-order chi connectivity index (χ0) is 29.9. The molecule has 2 saturated heterocycles. The molecule has 4 heterocycles. The van der Waals surface area contributed by atoms with E-state index in [0.29, 0.717) is 18.8 Å². The van der Waals surface area contributed by atoms with E-state index in [0.717, 1.165) is 61.4 Å². The highest BCUT2D eigenvalue weighted by atomic mass is 35.5. The predicted molar refractivity (Wildman–Crippen MR) is 155 cm³/mol. The van der Waals surface area contributed by atoms with E-state index in [-0.39, 0.29) is 33.9 Å². The Balaban J connectivity index is 1.09. The third kappa shape index (κ3) is 5.11. The van der Waals surface area contributed by atoms with E-state index in [4.69, 9.17) is 30.8 Å². The number of fused-ring (bicyclic) bond motifs is 2. The standard InChI is InChI=1S/C32H30ClF2N3O5/c1-32(23-5-3-20(33)15-25(23)35)42-29-22(4-6-24(34)30(29)43-32)18-8-11-37(12-9-18)17-28-36-26-7-2-19(31(39)40)14-27(26)38(28)16-21-10-13-41-21/h2-7,14-15,18,21H,8-13,16-17H2,1H3,(H,39,40). The number of carbonyl (C=O) groups is 1. The fraction of sp³-hybridized carbons (Fsp3) is 0.375. The molecule has 11 heteroatoms. The average Bonchev–Trinajstić information content (AvgIpc) is 3.49. The fourth-order valence-electron chi connectivity index (χ4n) is 6.32. The molecule has 2 fully saturated rings. The summed E-state index contributed by atoms with van der Waals surface area (Å²) in [4.78, 5) is 18.8. The van der Waals surface area contributed by atoms with E-state index in [1.807, 2.05) is 0 Å². The van der Waals surface area contributed by atoms with E-state index in [1.165, 1.54) is 18.2 Å². The Morgan fingerprint density at radius 2 is 1.81 bits per heavy atom. The van der Waals surface area contributed by atoms with Crippen molar-refractivity contribution < 1.29 is 32.9 Å². The highest BCUT2D eigenvalue weighted by Crippen LogP contribution is 2.51. The molecule has 1 N–H and O–H groups in total. The fourth-order valence-corrected chi connectivity index (χ4v) is 6.48. The minimum Gasteiger partial charge on any atom is -0.478 e. The van der Waals surface area contributed by atoms with Gasteiger partial charge in [0.15, 0.2) is 11.6 Å². The van der Waals surface area contributed by atoms with Crippen LogP contribution < -0.4 is 9.47 Å². The number of hydrogen-bond acceptors (Lipinski definition) is 6. The Bertz CT molecular complexity index is 1730. The number of aromatic nitrogens is 2. The smallest absolute Gasteiger partial charge is 0.335 e. The summed E-state index contributed by atoms with van der Waals surface area (Å²) in [5.74, 6) is -2.40. The molecule has 0 saturated carbocycles. The van der Waals surface area contributed by atoms with Crippen LogP contribution in [0.2, 0.25) is 5.02 Å². The van der Waals surface area contributed by atoms with Crippen LogP contribution in [0, 0.1) is 11.6 Å². The molecule has 4 aromatic rings. The molecule has 0 radical (unpaired) electrons. The van der Waals surface area contributed by atoms with Crippen molar-refractivity contribution in [2.24, 2.45) is 0 Å². The molecule has 43 heavy (non-hydrogen) atoms. The normalized spacial score (nSPS) is 22.2. The summed E-state index contributed by atoms with van der Waals surface area (Å²) < 4.78 is 49.6. The lowest BCUT2D eigenvalue weighted by Crippen LogP contribution is -2.35. The monoisotopic (exact) mass is 609 g/mol. The van der Waals surface area contributed by atoms with Crippen LogP contribution in [-0.4, -0.2) is 51.3 Å². The molecule has 224 valence electrons. The zero-order valence-corrected chi connectivity index (χ0v) is 24.2. The predicted octanol–water partition coefficient (Wildman–Crippen LogP) is 6.48. The van der Waals surface area contributed by atoms with Gasteiger partial charge in [-0.1, -0.05) is 17.7 Å². The summed E-state index contributed by atoms with van der Waals surface area (Å²) in [7, 11) is 0. The van der Waals surface area contributed by atoms with Crippen molar-refractivity contribution in [1.29, 1.82) is 0 Å². The first-order valence-corrected chi connectivity index (χ1v) is 14.8. The molecule has 0 spiro atoms. The Morgan fingerprint density at radius 1 is 1.05 bits per heavy atom. The van der Waals surface area contributed by atoms with Crippen molar-refractivity contribution in [3.8, 4) is 11.5 Å². The number of carboxylic acid groups (broad SMARTS) is 1. The van der Waals surface area contributed by atoms with Crippen molar-refractivity contribution >= 4 is 28.6 Å². The summed E-state index contributed by atoms with van der Waals surface area (Å²) >= 11 is 5.93. The molecular formula is C32H30ClF2N3O5. The van der Waals surface area contributed by atoms with Gasteiger partial charge < -0.3 is 23.9 Å². The molecule has 3 aromatic carbocycles. The number of imidazole rings is 1. The largest absolute Gasteiger partial charge is 0.478 e. The molecule has 3 aliphatic heterocycles. The summed E-state index contributed by atoms with van der Waals surface area (Å²) in [6, 6.07) is 12.4. The molecule has 0 bridgehead atoms. The van der Waals surface area contributed by atoms with E-state index in [2.05, 4.69) is 9.47 Å². The van der Waals surface area contributed by atoms with Crippen LogP contribution in [0.5, 0.6) is 11.5 Å². The van der Waals surface area contributed by atoms with Gasteiger partial charge >= 0.3 is 5.97 Å². The van der Waals surface area contributed by atoms with Gasteiger partial charge in [0.2, 0.25) is 5.75 Å². The highest BCUT2D eigenvalue weighted by molar-refractivity contribution is 6.30. The van der Waals surface area contributed by atoms with Crippen molar-refractivity contribution in [1.82, 2.24) is 14.5 Å². The maximum Gasteiger partial charge on any atom is 0.335 e. The van der Waals surface area contributed by atoms with E-state index in [9.17, 15) is 18.7 Å². The average molecular weight is 610 g/mol. The van der Waals surface area contributed by atoms with Crippen LogP contribution >= 0.6 is 11.6 Å². The first-order chi connectivity index (χ1) is 20.7. The molecular weight excluding hydrogens is 580 g/mol. The van der Waals surface area contributed by atoms with Gasteiger partial charge in [0.25, 0.3) is 5.79 Å². The van der Waals surface area contributed by atoms with Gasteiger partial charge in [0.05, 0.1) is 41.4 Å². The number of hydrogen-bond donors (Lipinski definition) is 1. The van der Waals surface area contributed by atoms with Crippen LogP contribution in [-0.2, 0) is 23.6 Å². The quantitative estimate of drug-likeness (QED) is 0.257. The highest BCUT2D eigenvalue weighted by Gasteiger charge is 2.44. The lowest BCUT2D eigenvalue weighted by atomic mass is 9.88. The number of ether oxygens (including phenoxy) is 3. The first kappa shape index (κ1) is 28.1.